The molecule has 0 aliphatic heterocycles. The second kappa shape index (κ2) is 6.33. The minimum absolute atomic E-state index is 0.0846. The third kappa shape index (κ3) is 4.06. The van der Waals surface area contributed by atoms with Crippen LogP contribution in [0, 0.1) is 5.82 Å². The number of hydrogen-bond acceptors (Lipinski definition) is 3. The SMILES string of the molecule is COc1cc(C=CCSC(C)=O)ccc1F. The van der Waals surface area contributed by atoms with E-state index in [0.717, 1.165) is 5.56 Å². The smallest absolute Gasteiger partial charge is 0.186 e. The van der Waals surface area contributed by atoms with Crippen molar-refractivity contribution in [1.29, 1.82) is 0 Å². The average Bonchev–Trinajstić information content (AvgIpc) is 2.26. The van der Waals surface area contributed by atoms with Crippen molar-refractivity contribution in [3.05, 3.63) is 35.7 Å². The van der Waals surface area contributed by atoms with Crippen LogP contribution in [-0.4, -0.2) is 18.0 Å². The maximum Gasteiger partial charge on any atom is 0.186 e. The van der Waals surface area contributed by atoms with Gasteiger partial charge in [-0.05, 0) is 17.7 Å². The predicted octanol–water partition coefficient (Wildman–Crippen LogP) is 3.13. The number of hydrogen-bond donors (Lipinski definition) is 0. The lowest BCUT2D eigenvalue weighted by molar-refractivity contribution is -0.109. The maximum absolute atomic E-state index is 13.1. The molecule has 0 aliphatic rings. The first kappa shape index (κ1) is 12.8. The summed E-state index contributed by atoms with van der Waals surface area (Å²) < 4.78 is 17.9. The maximum atomic E-state index is 13.1. The lowest BCUT2D eigenvalue weighted by Crippen LogP contribution is -1.88. The summed E-state index contributed by atoms with van der Waals surface area (Å²) in [5, 5.41) is 0.0846. The molecule has 0 fully saturated rings. The summed E-state index contributed by atoms with van der Waals surface area (Å²) >= 11 is 1.23. The van der Waals surface area contributed by atoms with Gasteiger partial charge in [0.25, 0.3) is 0 Å². The van der Waals surface area contributed by atoms with E-state index in [1.807, 2.05) is 12.2 Å². The summed E-state index contributed by atoms with van der Waals surface area (Å²) in [6.07, 6.45) is 3.69. The molecule has 0 saturated carbocycles. The number of benzene rings is 1. The van der Waals surface area contributed by atoms with Crippen LogP contribution in [0.15, 0.2) is 24.3 Å². The fourth-order valence-electron chi connectivity index (χ4n) is 1.13. The predicted molar refractivity (Wildman–Crippen MR) is 65.1 cm³/mol. The van der Waals surface area contributed by atoms with Gasteiger partial charge in [0.05, 0.1) is 7.11 Å². The van der Waals surface area contributed by atoms with Crippen molar-refractivity contribution in [2.75, 3.05) is 12.9 Å². The molecule has 0 atom stereocenters. The molecule has 0 aliphatic carbocycles. The van der Waals surface area contributed by atoms with E-state index in [4.69, 9.17) is 4.74 Å². The van der Waals surface area contributed by atoms with Gasteiger partial charge in [0.15, 0.2) is 16.7 Å². The van der Waals surface area contributed by atoms with Crippen molar-refractivity contribution in [2.45, 2.75) is 6.92 Å². The monoisotopic (exact) mass is 240 g/mol. The summed E-state index contributed by atoms with van der Waals surface area (Å²) in [4.78, 5) is 10.7. The Labute approximate surface area is 98.5 Å². The normalized spacial score (nSPS) is 10.7. The zero-order chi connectivity index (χ0) is 12.0. The lowest BCUT2D eigenvalue weighted by Gasteiger charge is -2.02. The highest BCUT2D eigenvalue weighted by atomic mass is 32.2. The third-order valence-electron chi connectivity index (χ3n) is 1.87. The van der Waals surface area contributed by atoms with E-state index in [9.17, 15) is 9.18 Å². The highest BCUT2D eigenvalue weighted by Gasteiger charge is 2.01. The molecule has 0 saturated heterocycles. The second-order valence-corrected chi connectivity index (χ2v) is 4.30. The van der Waals surface area contributed by atoms with Gasteiger partial charge in [0, 0.05) is 12.7 Å². The van der Waals surface area contributed by atoms with Crippen LogP contribution in [-0.2, 0) is 4.79 Å². The zero-order valence-corrected chi connectivity index (χ0v) is 10.0. The number of halogens is 1. The molecule has 86 valence electrons. The molecule has 2 nitrogen and oxygen atoms in total. The molecular weight excluding hydrogens is 227 g/mol. The summed E-state index contributed by atoms with van der Waals surface area (Å²) in [5.74, 6) is 0.466. The minimum Gasteiger partial charge on any atom is -0.494 e. The molecule has 0 heterocycles. The van der Waals surface area contributed by atoms with Gasteiger partial charge in [-0.25, -0.2) is 4.39 Å². The molecule has 0 N–H and O–H groups in total. The van der Waals surface area contributed by atoms with Gasteiger partial charge in [0.2, 0.25) is 0 Å². The van der Waals surface area contributed by atoms with Gasteiger partial charge < -0.3 is 4.74 Å². The molecule has 0 spiro atoms. The highest BCUT2D eigenvalue weighted by molar-refractivity contribution is 8.13. The van der Waals surface area contributed by atoms with Crippen molar-refractivity contribution in [3.8, 4) is 5.75 Å². The number of methoxy groups -OCH3 is 1. The molecule has 0 aromatic heterocycles. The second-order valence-electron chi connectivity index (χ2n) is 3.10. The molecule has 1 aromatic carbocycles. The van der Waals surface area contributed by atoms with Gasteiger partial charge >= 0.3 is 0 Å². The summed E-state index contributed by atoms with van der Waals surface area (Å²) in [6, 6.07) is 4.63. The van der Waals surface area contributed by atoms with Crippen molar-refractivity contribution < 1.29 is 13.9 Å². The number of ether oxygens (including phenoxy) is 1. The number of carbonyl (C=O) groups excluding carboxylic acids is 1. The Kier molecular flexibility index (Phi) is 5.05. The van der Waals surface area contributed by atoms with E-state index in [2.05, 4.69) is 0 Å². The first-order valence-electron chi connectivity index (χ1n) is 4.77. The topological polar surface area (TPSA) is 26.3 Å². The molecule has 0 unspecified atom stereocenters. The quantitative estimate of drug-likeness (QED) is 0.808. The fraction of sp³-hybridized carbons (Fsp3) is 0.250. The summed E-state index contributed by atoms with van der Waals surface area (Å²) in [6.45, 7) is 1.53. The van der Waals surface area contributed by atoms with E-state index in [1.54, 1.807) is 12.1 Å². The Bertz CT molecular complexity index is 402. The van der Waals surface area contributed by atoms with E-state index in [-0.39, 0.29) is 16.7 Å². The van der Waals surface area contributed by atoms with Gasteiger partial charge in [-0.3, -0.25) is 4.79 Å². The molecule has 0 bridgehead atoms. The van der Waals surface area contributed by atoms with Crippen molar-refractivity contribution in [1.82, 2.24) is 0 Å². The summed E-state index contributed by atoms with van der Waals surface area (Å²) in [5.41, 5.74) is 0.849. The number of carbonyl (C=O) groups is 1. The Morgan fingerprint density at radius 2 is 2.31 bits per heavy atom. The first-order chi connectivity index (χ1) is 7.63. The van der Waals surface area contributed by atoms with Crippen LogP contribution in [0.5, 0.6) is 5.75 Å². The molecule has 4 heteroatoms. The Balaban J connectivity index is 2.63. The summed E-state index contributed by atoms with van der Waals surface area (Å²) in [7, 11) is 1.43. The van der Waals surface area contributed by atoms with Crippen molar-refractivity contribution in [3.63, 3.8) is 0 Å². The van der Waals surface area contributed by atoms with E-state index in [0.29, 0.717) is 5.75 Å². The molecule has 0 radical (unpaired) electrons. The van der Waals surface area contributed by atoms with Gasteiger partial charge in [-0.15, -0.1) is 0 Å². The molecule has 16 heavy (non-hydrogen) atoms. The fourth-order valence-corrected chi connectivity index (χ4v) is 1.56. The molecule has 1 rings (SSSR count). The first-order valence-corrected chi connectivity index (χ1v) is 5.75. The van der Waals surface area contributed by atoms with Crippen molar-refractivity contribution in [2.24, 2.45) is 0 Å². The van der Waals surface area contributed by atoms with Crippen LogP contribution in [0.3, 0.4) is 0 Å². The Hall–Kier alpha value is -1.29. The Morgan fingerprint density at radius 3 is 2.94 bits per heavy atom. The number of thioether (sulfide) groups is 1. The van der Waals surface area contributed by atoms with Crippen LogP contribution >= 0.6 is 11.8 Å². The van der Waals surface area contributed by atoms with Crippen LogP contribution in [0.25, 0.3) is 6.08 Å². The van der Waals surface area contributed by atoms with Crippen molar-refractivity contribution >= 4 is 23.0 Å². The molecule has 0 amide bonds. The van der Waals surface area contributed by atoms with E-state index < -0.39 is 0 Å². The largest absolute Gasteiger partial charge is 0.494 e. The molecule has 1 aromatic rings. The van der Waals surface area contributed by atoms with Crippen LogP contribution in [0.2, 0.25) is 0 Å². The average molecular weight is 240 g/mol. The third-order valence-corrected chi connectivity index (χ3v) is 2.63. The van der Waals surface area contributed by atoms with Crippen LogP contribution in [0.4, 0.5) is 4.39 Å². The highest BCUT2D eigenvalue weighted by Crippen LogP contribution is 2.19. The number of rotatable bonds is 4. The van der Waals surface area contributed by atoms with Gasteiger partial charge in [0.1, 0.15) is 0 Å². The van der Waals surface area contributed by atoms with E-state index >= 15 is 0 Å². The van der Waals surface area contributed by atoms with Crippen LogP contribution < -0.4 is 4.74 Å². The van der Waals surface area contributed by atoms with Gasteiger partial charge in [-0.2, -0.15) is 0 Å². The lowest BCUT2D eigenvalue weighted by atomic mass is 10.2. The minimum atomic E-state index is -0.377. The zero-order valence-electron chi connectivity index (χ0n) is 9.20. The standard InChI is InChI=1S/C12H13FO2S/c1-9(14)16-7-3-4-10-5-6-11(13)12(8-10)15-2/h3-6,8H,7H2,1-2H3. The van der Waals surface area contributed by atoms with Gasteiger partial charge in [-0.1, -0.05) is 30.0 Å². The van der Waals surface area contributed by atoms with E-state index in [1.165, 1.54) is 31.9 Å². The van der Waals surface area contributed by atoms with Crippen LogP contribution in [0.1, 0.15) is 12.5 Å². The molecular formula is C12H13FO2S. The Morgan fingerprint density at radius 1 is 1.56 bits per heavy atom.